The van der Waals surface area contributed by atoms with Crippen LogP contribution < -0.4 is 9.64 Å². The van der Waals surface area contributed by atoms with Gasteiger partial charge in [-0.1, -0.05) is 13.8 Å². The molecule has 6 fully saturated rings. The first kappa shape index (κ1) is 30.3. The minimum Gasteiger partial charge on any atom is -0.434 e. The fraction of sp³-hybridized carbons (Fsp3) is 0.595. The summed E-state index contributed by atoms with van der Waals surface area (Å²) in [6.07, 6.45) is 8.81. The van der Waals surface area contributed by atoms with Gasteiger partial charge in [0, 0.05) is 73.9 Å². The van der Waals surface area contributed by atoms with Crippen LogP contribution in [0.4, 0.5) is 10.2 Å². The van der Waals surface area contributed by atoms with Crippen molar-refractivity contribution in [2.75, 3.05) is 57.4 Å². The number of hydrogen-bond donors (Lipinski definition) is 0. The highest BCUT2D eigenvalue weighted by Crippen LogP contribution is 2.51. The SMILES string of the molecule is CC(C)C(C1CC(N2CC3(COC3)C2)C1)N1CC2(CCN(c3ncnnc3Oc3ccc(F)cc3-c3ncc(C#N)cc3C3CC3)C2)C1. The molecule has 3 aromatic rings. The number of likely N-dealkylation sites (tertiary alicyclic amines) is 2. The predicted octanol–water partition coefficient (Wildman–Crippen LogP) is 5.26. The molecule has 2 aliphatic carbocycles. The normalized spacial score (nSPS) is 26.4. The third-order valence-corrected chi connectivity index (χ3v) is 12.0. The van der Waals surface area contributed by atoms with Crippen molar-refractivity contribution >= 4 is 5.82 Å². The zero-order valence-electron chi connectivity index (χ0n) is 27.8. The highest BCUT2D eigenvalue weighted by molar-refractivity contribution is 5.72. The molecule has 6 heterocycles. The molecule has 0 amide bonds. The lowest BCUT2D eigenvalue weighted by Crippen LogP contribution is -2.71. The fourth-order valence-corrected chi connectivity index (χ4v) is 9.41. The summed E-state index contributed by atoms with van der Waals surface area (Å²) in [4.78, 5) is 17.0. The van der Waals surface area contributed by atoms with Gasteiger partial charge in [-0.25, -0.2) is 9.37 Å². The predicted molar refractivity (Wildman–Crippen MR) is 177 cm³/mol. The number of pyridine rings is 1. The average molecular weight is 651 g/mol. The molecule has 1 aromatic carbocycles. The van der Waals surface area contributed by atoms with Crippen LogP contribution in [0, 0.1) is 39.8 Å². The average Bonchev–Trinajstić information content (AvgIpc) is 3.76. The minimum atomic E-state index is -0.381. The van der Waals surface area contributed by atoms with Gasteiger partial charge in [0.2, 0.25) is 0 Å². The van der Waals surface area contributed by atoms with E-state index in [1.54, 1.807) is 6.07 Å². The zero-order chi connectivity index (χ0) is 32.6. The third kappa shape index (κ3) is 5.24. The molecule has 0 N–H and O–H groups in total. The van der Waals surface area contributed by atoms with Crippen molar-refractivity contribution in [1.29, 1.82) is 5.26 Å². The second-order valence-electron chi connectivity index (χ2n) is 16.0. The van der Waals surface area contributed by atoms with Crippen LogP contribution in [0.5, 0.6) is 11.6 Å². The van der Waals surface area contributed by atoms with Crippen molar-refractivity contribution in [1.82, 2.24) is 30.0 Å². The van der Waals surface area contributed by atoms with Crippen molar-refractivity contribution in [3.8, 4) is 29.0 Å². The largest absolute Gasteiger partial charge is 0.434 e. The Balaban J connectivity index is 0.882. The van der Waals surface area contributed by atoms with Crippen LogP contribution in [0.25, 0.3) is 11.3 Å². The summed E-state index contributed by atoms with van der Waals surface area (Å²) in [5.41, 5.74) is 3.35. The van der Waals surface area contributed by atoms with Crippen molar-refractivity contribution in [2.45, 2.75) is 64.0 Å². The number of aromatic nitrogens is 4. The van der Waals surface area contributed by atoms with Crippen molar-refractivity contribution in [3.63, 3.8) is 0 Å². The fourth-order valence-electron chi connectivity index (χ4n) is 9.41. The first-order valence-electron chi connectivity index (χ1n) is 17.7. The summed E-state index contributed by atoms with van der Waals surface area (Å²) in [6, 6.07) is 9.90. The van der Waals surface area contributed by atoms with Crippen LogP contribution in [0.2, 0.25) is 0 Å². The van der Waals surface area contributed by atoms with Crippen molar-refractivity contribution < 1.29 is 13.9 Å². The Morgan fingerprint density at radius 2 is 1.85 bits per heavy atom. The molecular formula is C37H43FN8O2. The van der Waals surface area contributed by atoms with Gasteiger partial charge in [-0.2, -0.15) is 5.26 Å². The Kier molecular flexibility index (Phi) is 7.23. The Morgan fingerprint density at radius 1 is 1.04 bits per heavy atom. The maximum atomic E-state index is 14.7. The molecule has 0 radical (unpaired) electrons. The van der Waals surface area contributed by atoms with E-state index in [-0.39, 0.29) is 11.2 Å². The van der Waals surface area contributed by atoms with Gasteiger partial charge >= 0.3 is 0 Å². The number of benzene rings is 1. The lowest BCUT2D eigenvalue weighted by Gasteiger charge is -2.62. The Morgan fingerprint density at radius 3 is 2.56 bits per heavy atom. The van der Waals surface area contributed by atoms with E-state index < -0.39 is 0 Å². The second-order valence-corrected chi connectivity index (χ2v) is 16.0. The Hall–Kier alpha value is -3.72. The van der Waals surface area contributed by atoms with Crippen molar-refractivity contribution in [2.24, 2.45) is 22.7 Å². The molecule has 11 heteroatoms. The minimum absolute atomic E-state index is 0.235. The molecule has 9 rings (SSSR count). The lowest BCUT2D eigenvalue weighted by atomic mass is 9.66. The molecule has 6 aliphatic rings. The molecule has 48 heavy (non-hydrogen) atoms. The maximum Gasteiger partial charge on any atom is 0.282 e. The Bertz CT molecular complexity index is 1750. The van der Waals surface area contributed by atoms with Gasteiger partial charge in [0.05, 0.1) is 24.5 Å². The first-order valence-corrected chi connectivity index (χ1v) is 17.7. The van der Waals surface area contributed by atoms with E-state index in [9.17, 15) is 9.65 Å². The number of halogens is 1. The van der Waals surface area contributed by atoms with E-state index in [1.165, 1.54) is 50.6 Å². The number of anilines is 1. The number of rotatable bonds is 9. The van der Waals surface area contributed by atoms with Gasteiger partial charge < -0.3 is 14.4 Å². The molecule has 4 aliphatic heterocycles. The number of hydrogen-bond acceptors (Lipinski definition) is 10. The quantitative estimate of drug-likeness (QED) is 0.305. The van der Waals surface area contributed by atoms with Gasteiger partial charge in [0.25, 0.3) is 5.88 Å². The van der Waals surface area contributed by atoms with Gasteiger partial charge in [-0.3, -0.25) is 14.8 Å². The lowest BCUT2D eigenvalue weighted by molar-refractivity contribution is -0.210. The van der Waals surface area contributed by atoms with E-state index in [4.69, 9.17) is 9.47 Å². The van der Waals surface area contributed by atoms with Gasteiger partial charge in [0.15, 0.2) is 5.82 Å². The standard InChI is InChI=1S/C37H43FN8O2/c1-23(2)33(26-10-28(11-26)45-18-37(19-45)20-47-21-37)46-16-36(17-46)7-8-44(15-36)34-35(43-42-22-41-34)48-31-6-5-27(38)12-30(31)32-29(25-3-4-25)9-24(13-39)14-40-32/h5-6,9,12,14,22-23,25-26,28,33H,3-4,7-8,10-11,15-21H2,1-2H3. The monoisotopic (exact) mass is 650 g/mol. The first-order chi connectivity index (χ1) is 23.3. The van der Waals surface area contributed by atoms with Crippen LogP contribution in [-0.2, 0) is 4.74 Å². The zero-order valence-corrected chi connectivity index (χ0v) is 27.8. The summed E-state index contributed by atoms with van der Waals surface area (Å²) < 4.78 is 26.6. The van der Waals surface area contributed by atoms with Crippen LogP contribution in [0.15, 0.2) is 36.8 Å². The molecule has 2 saturated carbocycles. The summed E-state index contributed by atoms with van der Waals surface area (Å²) in [6.45, 7) is 13.2. The third-order valence-electron chi connectivity index (χ3n) is 12.0. The molecule has 2 aromatic heterocycles. The Labute approximate surface area is 281 Å². The summed E-state index contributed by atoms with van der Waals surface area (Å²) in [7, 11) is 0. The van der Waals surface area contributed by atoms with E-state index in [1.807, 2.05) is 6.07 Å². The molecule has 1 unspecified atom stereocenters. The highest BCUT2D eigenvalue weighted by atomic mass is 19.1. The number of ether oxygens (including phenoxy) is 2. The summed E-state index contributed by atoms with van der Waals surface area (Å²) >= 11 is 0. The van der Waals surface area contributed by atoms with E-state index in [0.717, 1.165) is 76.2 Å². The topological polar surface area (TPSA) is 104 Å². The van der Waals surface area contributed by atoms with Crippen LogP contribution in [0.1, 0.15) is 63.0 Å². The van der Waals surface area contributed by atoms with Crippen molar-refractivity contribution in [3.05, 3.63) is 53.7 Å². The molecule has 2 spiro atoms. The van der Waals surface area contributed by atoms with Crippen LogP contribution in [0.3, 0.4) is 0 Å². The molecule has 250 valence electrons. The highest BCUT2D eigenvalue weighted by Gasteiger charge is 2.56. The van der Waals surface area contributed by atoms with E-state index in [0.29, 0.717) is 57.6 Å². The number of nitrogens with zero attached hydrogens (tertiary/aromatic N) is 8. The maximum absolute atomic E-state index is 14.7. The van der Waals surface area contributed by atoms with E-state index >= 15 is 0 Å². The van der Waals surface area contributed by atoms with E-state index in [2.05, 4.69) is 54.8 Å². The van der Waals surface area contributed by atoms with Gasteiger partial charge in [-0.05, 0) is 79.7 Å². The second kappa shape index (κ2) is 11.4. The molecule has 4 saturated heterocycles. The number of nitriles is 1. The molecule has 0 bridgehead atoms. The van der Waals surface area contributed by atoms with Gasteiger partial charge in [-0.15, -0.1) is 10.2 Å². The summed E-state index contributed by atoms with van der Waals surface area (Å²) in [5, 5.41) is 17.9. The van der Waals surface area contributed by atoms with Crippen LogP contribution in [-0.4, -0.2) is 94.5 Å². The summed E-state index contributed by atoms with van der Waals surface area (Å²) in [5.74, 6) is 2.75. The smallest absolute Gasteiger partial charge is 0.282 e. The van der Waals surface area contributed by atoms with Gasteiger partial charge in [0.1, 0.15) is 24.0 Å². The van der Waals surface area contributed by atoms with Crippen LogP contribution >= 0.6 is 0 Å². The molecular weight excluding hydrogens is 607 g/mol. The molecule has 10 nitrogen and oxygen atoms in total. The molecule has 1 atom stereocenters.